The Labute approximate surface area is 291 Å². The Morgan fingerprint density at radius 1 is 0.531 bits per heavy atom. The summed E-state index contributed by atoms with van der Waals surface area (Å²) in [4.78, 5) is 46.0. The first-order valence-electron chi connectivity index (χ1n) is 15.6. The number of nitrogens with zero attached hydrogens (tertiary/aromatic N) is 6. The highest BCUT2D eigenvalue weighted by Gasteiger charge is 2.48. The molecule has 0 radical (unpaired) electrons. The lowest BCUT2D eigenvalue weighted by atomic mass is 10.4. The SMILES string of the molecule is O.O=C(O)CN(CP(=S)(N1CCCC1)N1CCCC1)C(=O)C(F)(F)F.O=C(O)CN(CP(=S)(N1CCCC1)N1CCCC1)C(=O)C(F)(F)F. The highest BCUT2D eigenvalue weighted by Crippen LogP contribution is 2.58. The molecule has 4 N–H and O–H groups in total. The molecule has 0 aromatic carbocycles. The predicted octanol–water partition coefficient (Wildman–Crippen LogP) is 3.02. The fraction of sp³-hybridized carbons (Fsp3) is 0.846. The molecule has 4 fully saturated rings. The second-order valence-electron chi connectivity index (χ2n) is 12.0. The van der Waals surface area contributed by atoms with E-state index in [2.05, 4.69) is 0 Å². The van der Waals surface area contributed by atoms with E-state index < -0.39 is 61.9 Å². The van der Waals surface area contributed by atoms with Crippen LogP contribution in [0.1, 0.15) is 51.4 Å². The summed E-state index contributed by atoms with van der Waals surface area (Å²) in [5, 5.41) is 17.8. The standard InChI is InChI=1S/2C13H21F3N3O3PS.H2O/c2*14-13(15,16)12(22)17(9-11(20)21)10-23(24,18-5-1-2-6-18)19-7-3-4-8-19;/h2*1-10H2,(H,20,21);1H2. The highest BCUT2D eigenvalue weighted by atomic mass is 32.4. The topological polar surface area (TPSA) is 160 Å². The van der Waals surface area contributed by atoms with Crippen LogP contribution in [0.2, 0.25) is 0 Å². The number of carbonyl (C=O) groups is 4. The van der Waals surface area contributed by atoms with Gasteiger partial charge in [0.15, 0.2) is 0 Å². The van der Waals surface area contributed by atoms with Crippen molar-refractivity contribution in [2.45, 2.75) is 63.7 Å². The van der Waals surface area contributed by atoms with Crippen LogP contribution in [0.4, 0.5) is 26.3 Å². The van der Waals surface area contributed by atoms with Crippen LogP contribution in [0.3, 0.4) is 0 Å². The maximum absolute atomic E-state index is 12.8. The quantitative estimate of drug-likeness (QED) is 0.220. The Morgan fingerprint density at radius 3 is 0.898 bits per heavy atom. The van der Waals surface area contributed by atoms with Gasteiger partial charge in [0.1, 0.15) is 13.1 Å². The number of hydrogen-bond donors (Lipinski definition) is 2. The Bertz CT molecular complexity index is 1130. The van der Waals surface area contributed by atoms with Crippen molar-refractivity contribution in [3.63, 3.8) is 0 Å². The Balaban J connectivity index is 0.000000333. The second-order valence-corrected chi connectivity index (χ2v) is 21.0. The number of carboxylic acid groups (broad SMARTS) is 2. The van der Waals surface area contributed by atoms with Crippen molar-refractivity contribution in [3.05, 3.63) is 0 Å². The van der Waals surface area contributed by atoms with Gasteiger partial charge in [0, 0.05) is 52.4 Å². The first-order chi connectivity index (χ1) is 22.3. The summed E-state index contributed by atoms with van der Waals surface area (Å²) in [5.74, 6) is -7.20. The van der Waals surface area contributed by atoms with E-state index in [1.807, 2.05) is 18.7 Å². The van der Waals surface area contributed by atoms with E-state index in [1.54, 1.807) is 0 Å². The van der Waals surface area contributed by atoms with E-state index in [9.17, 15) is 45.5 Å². The molecule has 284 valence electrons. The van der Waals surface area contributed by atoms with Crippen molar-refractivity contribution in [2.75, 3.05) is 78.0 Å². The van der Waals surface area contributed by atoms with Crippen LogP contribution >= 0.6 is 12.7 Å². The van der Waals surface area contributed by atoms with Gasteiger partial charge in [-0.1, -0.05) is 23.6 Å². The van der Waals surface area contributed by atoms with Crippen molar-refractivity contribution >= 4 is 60.0 Å². The largest absolute Gasteiger partial charge is 0.480 e. The van der Waals surface area contributed by atoms with E-state index in [0.717, 1.165) is 51.4 Å². The maximum atomic E-state index is 12.8. The molecule has 0 unspecified atom stereocenters. The van der Waals surface area contributed by atoms with Crippen LogP contribution in [0.5, 0.6) is 0 Å². The van der Waals surface area contributed by atoms with E-state index in [0.29, 0.717) is 62.2 Å². The Kier molecular flexibility index (Phi) is 16.4. The first kappa shape index (κ1) is 43.7. The number of rotatable bonds is 12. The van der Waals surface area contributed by atoms with Gasteiger partial charge in [-0.15, -0.1) is 0 Å². The summed E-state index contributed by atoms with van der Waals surface area (Å²) in [5.41, 5.74) is 0. The molecule has 0 saturated carbocycles. The molecule has 4 heterocycles. The molecule has 0 spiro atoms. The first-order valence-corrected chi connectivity index (χ1v) is 21.4. The summed E-state index contributed by atoms with van der Waals surface area (Å²) < 4.78 is 85.1. The van der Waals surface area contributed by atoms with E-state index >= 15 is 0 Å². The molecule has 0 bridgehead atoms. The fourth-order valence-electron chi connectivity index (χ4n) is 6.27. The van der Waals surface area contributed by atoms with Crippen LogP contribution < -0.4 is 0 Å². The van der Waals surface area contributed by atoms with Gasteiger partial charge in [-0.2, -0.15) is 26.3 Å². The molecule has 4 rings (SSSR count). The fourth-order valence-corrected chi connectivity index (χ4v) is 15.5. The van der Waals surface area contributed by atoms with E-state index in [4.69, 9.17) is 33.8 Å². The van der Waals surface area contributed by atoms with Crippen molar-refractivity contribution in [1.82, 2.24) is 28.5 Å². The van der Waals surface area contributed by atoms with Crippen molar-refractivity contribution in [1.29, 1.82) is 0 Å². The van der Waals surface area contributed by atoms with Crippen LogP contribution in [0.25, 0.3) is 0 Å². The summed E-state index contributed by atoms with van der Waals surface area (Å²) >= 11 is 11.6. The normalized spacial score (nSPS) is 20.0. The molecule has 0 aromatic heterocycles. The molecular weight excluding hydrogens is 748 g/mol. The van der Waals surface area contributed by atoms with Gasteiger partial charge in [0.25, 0.3) is 0 Å². The summed E-state index contributed by atoms with van der Waals surface area (Å²) in [6.45, 7) is 3.54. The molecule has 0 aliphatic carbocycles. The lowest BCUT2D eigenvalue weighted by Gasteiger charge is -2.41. The molecule has 49 heavy (non-hydrogen) atoms. The van der Waals surface area contributed by atoms with Crippen LogP contribution in [-0.2, 0) is 42.8 Å². The summed E-state index contributed by atoms with van der Waals surface area (Å²) in [7, 11) is 0. The summed E-state index contributed by atoms with van der Waals surface area (Å²) in [6.07, 6.45) is -8.79. The number of amides is 2. The number of hydrogen-bond acceptors (Lipinski definition) is 6. The zero-order valence-corrected chi connectivity index (χ0v) is 30.3. The van der Waals surface area contributed by atoms with Crippen LogP contribution in [0, 0.1) is 0 Å². The predicted molar refractivity (Wildman–Crippen MR) is 176 cm³/mol. The number of carbonyl (C=O) groups excluding carboxylic acids is 2. The minimum atomic E-state index is -5.11. The van der Waals surface area contributed by atoms with Gasteiger partial charge in [-0.25, -0.2) is 0 Å². The van der Waals surface area contributed by atoms with E-state index in [1.165, 1.54) is 0 Å². The minimum absolute atomic E-state index is 0. The van der Waals surface area contributed by atoms with Crippen molar-refractivity contribution < 1.29 is 61.2 Å². The average molecular weight is 793 g/mol. The number of alkyl halides is 6. The summed E-state index contributed by atoms with van der Waals surface area (Å²) in [6, 6.07) is 0. The molecule has 23 heteroatoms. The Hall–Kier alpha value is -1.44. The molecule has 4 aliphatic heterocycles. The zero-order chi connectivity index (χ0) is 35.9. The van der Waals surface area contributed by atoms with Gasteiger partial charge < -0.3 is 25.5 Å². The number of aliphatic carboxylic acids is 2. The number of carboxylic acids is 2. The highest BCUT2D eigenvalue weighted by molar-refractivity contribution is 8.12. The molecule has 13 nitrogen and oxygen atoms in total. The molecule has 2 amide bonds. The lowest BCUT2D eigenvalue weighted by molar-refractivity contribution is -0.185. The van der Waals surface area contributed by atoms with Gasteiger partial charge in [-0.05, 0) is 51.4 Å². The molecule has 0 atom stereocenters. The minimum Gasteiger partial charge on any atom is -0.480 e. The van der Waals surface area contributed by atoms with Crippen LogP contribution in [-0.4, -0.2) is 158 Å². The Morgan fingerprint density at radius 2 is 0.735 bits per heavy atom. The van der Waals surface area contributed by atoms with Crippen molar-refractivity contribution in [3.8, 4) is 0 Å². The number of halogens is 6. The molecule has 4 aliphatic rings. The third-order valence-corrected chi connectivity index (χ3v) is 18.5. The average Bonchev–Trinajstić information content (AvgIpc) is 3.83. The molecule has 0 aromatic rings. The molecule has 4 saturated heterocycles. The van der Waals surface area contributed by atoms with Gasteiger partial charge in [0.05, 0.1) is 25.3 Å². The van der Waals surface area contributed by atoms with Gasteiger partial charge in [0.2, 0.25) is 0 Å². The monoisotopic (exact) mass is 792 g/mol. The van der Waals surface area contributed by atoms with Gasteiger partial charge in [-0.3, -0.25) is 37.9 Å². The third kappa shape index (κ3) is 11.8. The molecular formula is C26H44F6N6O7P2S2. The smallest absolute Gasteiger partial charge is 0.471 e. The van der Waals surface area contributed by atoms with Crippen LogP contribution in [0.15, 0.2) is 0 Å². The second kappa shape index (κ2) is 18.4. The maximum Gasteiger partial charge on any atom is 0.471 e. The van der Waals surface area contributed by atoms with E-state index in [-0.39, 0.29) is 18.0 Å². The third-order valence-electron chi connectivity index (χ3n) is 8.52. The zero-order valence-electron chi connectivity index (χ0n) is 26.8. The lowest BCUT2D eigenvalue weighted by Crippen LogP contribution is -2.46. The van der Waals surface area contributed by atoms with Crippen molar-refractivity contribution in [2.24, 2.45) is 0 Å². The van der Waals surface area contributed by atoms with Gasteiger partial charge >= 0.3 is 36.1 Å².